The van der Waals surface area contributed by atoms with Gasteiger partial charge in [0.25, 0.3) is 0 Å². The molecule has 0 aliphatic carbocycles. The van der Waals surface area contributed by atoms with Gasteiger partial charge in [0.05, 0.1) is 13.7 Å². The van der Waals surface area contributed by atoms with Gasteiger partial charge in [-0.05, 0) is 56.0 Å². The van der Waals surface area contributed by atoms with Crippen LogP contribution >= 0.6 is 0 Å². The lowest BCUT2D eigenvalue weighted by Gasteiger charge is -2.47. The molecule has 1 unspecified atom stereocenters. The summed E-state index contributed by atoms with van der Waals surface area (Å²) in [4.78, 5) is 28.6. The summed E-state index contributed by atoms with van der Waals surface area (Å²) in [5.41, 5.74) is 1.98. The number of amides is 1. The van der Waals surface area contributed by atoms with E-state index < -0.39 is 0 Å². The van der Waals surface area contributed by atoms with Crippen LogP contribution in [0, 0.1) is 0 Å². The molecule has 0 spiro atoms. The molecule has 0 saturated carbocycles. The molecule has 160 valence electrons. The lowest BCUT2D eigenvalue weighted by Crippen LogP contribution is -2.56. The zero-order valence-electron chi connectivity index (χ0n) is 18.3. The van der Waals surface area contributed by atoms with Gasteiger partial charge in [-0.25, -0.2) is 9.97 Å². The Bertz CT molecular complexity index is 894. The highest BCUT2D eigenvalue weighted by Gasteiger charge is 2.40. The van der Waals surface area contributed by atoms with E-state index in [9.17, 15) is 4.79 Å². The highest BCUT2D eigenvalue weighted by Crippen LogP contribution is 2.44. The Morgan fingerprint density at radius 1 is 1.17 bits per heavy atom. The van der Waals surface area contributed by atoms with E-state index in [4.69, 9.17) is 4.74 Å². The van der Waals surface area contributed by atoms with Gasteiger partial charge in [-0.15, -0.1) is 0 Å². The third kappa shape index (κ3) is 3.99. The van der Waals surface area contributed by atoms with Crippen molar-refractivity contribution in [2.24, 2.45) is 0 Å². The summed E-state index contributed by atoms with van der Waals surface area (Å²) in [5.74, 6) is 2.13. The molecule has 1 saturated heterocycles. The van der Waals surface area contributed by atoms with Crippen LogP contribution in [-0.2, 0) is 4.79 Å². The lowest BCUT2D eigenvalue weighted by atomic mass is 9.80. The molecular weight excluding hydrogens is 378 g/mol. The van der Waals surface area contributed by atoms with Gasteiger partial charge in [-0.2, -0.15) is 0 Å². The number of carbonyl (C=O) groups excluding carboxylic acids is 1. The summed E-state index contributed by atoms with van der Waals surface area (Å²) < 4.78 is 5.42. The quantitative estimate of drug-likeness (QED) is 0.774. The van der Waals surface area contributed by atoms with Crippen LogP contribution in [0.3, 0.4) is 0 Å². The minimum atomic E-state index is -0.224. The fourth-order valence-electron chi connectivity index (χ4n) is 4.83. The van der Waals surface area contributed by atoms with Crippen molar-refractivity contribution in [1.82, 2.24) is 14.9 Å². The topological polar surface area (TPSA) is 61.8 Å². The van der Waals surface area contributed by atoms with Crippen LogP contribution in [0.1, 0.15) is 38.7 Å². The average molecular weight is 410 g/mol. The van der Waals surface area contributed by atoms with Crippen LogP contribution in [0.25, 0.3) is 0 Å². The largest absolute Gasteiger partial charge is 0.497 e. The van der Waals surface area contributed by atoms with Gasteiger partial charge < -0.3 is 14.5 Å². The number of ether oxygens (including phenoxy) is 1. The molecule has 4 rings (SSSR count). The summed E-state index contributed by atoms with van der Waals surface area (Å²) in [6.45, 7) is 10.3. The third-order valence-corrected chi connectivity index (χ3v) is 6.23. The van der Waals surface area contributed by atoms with Gasteiger partial charge in [0, 0.05) is 49.8 Å². The normalized spacial score (nSPS) is 21.3. The molecule has 7 nitrogen and oxygen atoms in total. The first-order valence-electron chi connectivity index (χ1n) is 10.6. The maximum absolute atomic E-state index is 13.5. The summed E-state index contributed by atoms with van der Waals surface area (Å²) in [7, 11) is 1.68. The Balaban J connectivity index is 1.47. The SMILES string of the molecule is COc1ccc2c(c1)C(C)CC(C)(C)N2C(=O)CN1CCN(c2ncccn2)CC1. The number of carbonyl (C=O) groups is 1. The molecule has 0 bridgehead atoms. The fraction of sp³-hybridized carbons (Fsp3) is 0.522. The second-order valence-corrected chi connectivity index (χ2v) is 8.88. The molecule has 1 atom stereocenters. The van der Waals surface area contributed by atoms with Crippen molar-refractivity contribution in [2.45, 2.75) is 38.6 Å². The fourth-order valence-corrected chi connectivity index (χ4v) is 4.83. The van der Waals surface area contributed by atoms with Crippen molar-refractivity contribution in [2.75, 3.05) is 49.6 Å². The Hall–Kier alpha value is -2.67. The summed E-state index contributed by atoms with van der Waals surface area (Å²) in [6, 6.07) is 7.89. The second kappa shape index (κ2) is 8.22. The van der Waals surface area contributed by atoms with Crippen molar-refractivity contribution < 1.29 is 9.53 Å². The molecule has 30 heavy (non-hydrogen) atoms. The minimum Gasteiger partial charge on any atom is -0.497 e. The number of hydrogen-bond donors (Lipinski definition) is 0. The first-order valence-corrected chi connectivity index (χ1v) is 10.6. The number of anilines is 2. The van der Waals surface area contributed by atoms with Gasteiger partial charge in [0.1, 0.15) is 5.75 Å². The predicted octanol–water partition coefficient (Wildman–Crippen LogP) is 2.93. The second-order valence-electron chi connectivity index (χ2n) is 8.88. The van der Waals surface area contributed by atoms with Crippen LogP contribution in [0.15, 0.2) is 36.7 Å². The monoisotopic (exact) mass is 409 g/mol. The average Bonchev–Trinajstić information content (AvgIpc) is 2.74. The zero-order chi connectivity index (χ0) is 21.3. The number of aromatic nitrogens is 2. The number of methoxy groups -OCH3 is 1. The van der Waals surface area contributed by atoms with Gasteiger partial charge in [0.15, 0.2) is 0 Å². The first kappa shape index (κ1) is 20.6. The Labute approximate surface area is 178 Å². The first-order chi connectivity index (χ1) is 14.4. The van der Waals surface area contributed by atoms with E-state index >= 15 is 0 Å². The molecular formula is C23H31N5O2. The summed E-state index contributed by atoms with van der Waals surface area (Å²) >= 11 is 0. The number of nitrogens with zero attached hydrogens (tertiary/aromatic N) is 5. The molecule has 1 aromatic heterocycles. The van der Waals surface area contributed by atoms with Crippen molar-refractivity contribution in [3.63, 3.8) is 0 Å². The standard InChI is InChI=1S/C23H31N5O2/c1-17-15-23(2,3)28(20-7-6-18(30-4)14-19(17)20)21(29)16-26-10-12-27(13-11-26)22-24-8-5-9-25-22/h5-9,14,17H,10-13,15-16H2,1-4H3. The molecule has 2 aliphatic heterocycles. The molecule has 2 aromatic rings. The van der Waals surface area contributed by atoms with Crippen LogP contribution in [0.2, 0.25) is 0 Å². The van der Waals surface area contributed by atoms with Gasteiger partial charge >= 0.3 is 0 Å². The van der Waals surface area contributed by atoms with E-state index in [1.807, 2.05) is 23.1 Å². The van der Waals surface area contributed by atoms with E-state index in [1.54, 1.807) is 19.5 Å². The maximum atomic E-state index is 13.5. The minimum absolute atomic E-state index is 0.155. The number of benzene rings is 1. The highest BCUT2D eigenvalue weighted by atomic mass is 16.5. The lowest BCUT2D eigenvalue weighted by molar-refractivity contribution is -0.121. The van der Waals surface area contributed by atoms with E-state index in [0.717, 1.165) is 50.0 Å². The van der Waals surface area contributed by atoms with Gasteiger partial charge in [-0.3, -0.25) is 9.69 Å². The zero-order valence-corrected chi connectivity index (χ0v) is 18.3. The van der Waals surface area contributed by atoms with Crippen LogP contribution < -0.4 is 14.5 Å². The summed E-state index contributed by atoms with van der Waals surface area (Å²) in [6.07, 6.45) is 4.46. The maximum Gasteiger partial charge on any atom is 0.241 e. The van der Waals surface area contributed by atoms with E-state index in [2.05, 4.69) is 46.6 Å². The van der Waals surface area contributed by atoms with Crippen molar-refractivity contribution in [3.8, 4) is 5.75 Å². The number of hydrogen-bond acceptors (Lipinski definition) is 6. The van der Waals surface area contributed by atoms with Crippen LogP contribution in [0.5, 0.6) is 5.75 Å². The Kier molecular flexibility index (Phi) is 5.64. The van der Waals surface area contributed by atoms with E-state index in [-0.39, 0.29) is 11.4 Å². The Morgan fingerprint density at radius 2 is 1.87 bits per heavy atom. The van der Waals surface area contributed by atoms with Crippen LogP contribution in [0.4, 0.5) is 11.6 Å². The van der Waals surface area contributed by atoms with Crippen molar-refractivity contribution >= 4 is 17.5 Å². The van der Waals surface area contributed by atoms with Gasteiger partial charge in [-0.1, -0.05) is 6.92 Å². The third-order valence-electron chi connectivity index (χ3n) is 6.23. The smallest absolute Gasteiger partial charge is 0.241 e. The number of fused-ring (bicyclic) bond motifs is 1. The molecule has 3 heterocycles. The number of piperazine rings is 1. The van der Waals surface area contributed by atoms with E-state index in [1.165, 1.54) is 5.56 Å². The van der Waals surface area contributed by atoms with E-state index in [0.29, 0.717) is 12.5 Å². The molecule has 1 amide bonds. The summed E-state index contributed by atoms with van der Waals surface area (Å²) in [5, 5.41) is 0. The highest BCUT2D eigenvalue weighted by molar-refractivity contribution is 5.97. The molecule has 7 heteroatoms. The van der Waals surface area contributed by atoms with Crippen molar-refractivity contribution in [3.05, 3.63) is 42.2 Å². The molecule has 1 fully saturated rings. The molecule has 0 N–H and O–H groups in total. The van der Waals surface area contributed by atoms with Gasteiger partial charge in [0.2, 0.25) is 11.9 Å². The number of rotatable bonds is 4. The molecule has 0 radical (unpaired) electrons. The molecule has 1 aromatic carbocycles. The van der Waals surface area contributed by atoms with Crippen LogP contribution in [-0.4, -0.2) is 66.1 Å². The molecule has 2 aliphatic rings. The predicted molar refractivity (Wildman–Crippen MR) is 118 cm³/mol. The Morgan fingerprint density at radius 3 is 2.53 bits per heavy atom. The van der Waals surface area contributed by atoms with Crippen molar-refractivity contribution in [1.29, 1.82) is 0 Å².